The van der Waals surface area contributed by atoms with E-state index in [0.717, 1.165) is 29.9 Å². The lowest BCUT2D eigenvalue weighted by Gasteiger charge is -2.30. The van der Waals surface area contributed by atoms with E-state index in [1.807, 2.05) is 24.3 Å². The van der Waals surface area contributed by atoms with Gasteiger partial charge in [0.25, 0.3) is 0 Å². The number of amides is 2. The first-order valence-electron chi connectivity index (χ1n) is 13.2. The van der Waals surface area contributed by atoms with Crippen LogP contribution in [0.5, 0.6) is 0 Å². The zero-order valence-electron chi connectivity index (χ0n) is 22.0. The molecule has 0 radical (unpaired) electrons. The van der Waals surface area contributed by atoms with E-state index in [1.165, 1.54) is 4.90 Å². The first-order valence-corrected chi connectivity index (χ1v) is 13.2. The first kappa shape index (κ1) is 28.1. The Morgan fingerprint density at radius 3 is 2.54 bits per heavy atom. The van der Waals surface area contributed by atoms with Gasteiger partial charge in [0, 0.05) is 44.0 Å². The number of carbonyl (C=O) groups excluding carboxylic acids is 3. The summed E-state index contributed by atoms with van der Waals surface area (Å²) < 4.78 is 5.38. The van der Waals surface area contributed by atoms with Crippen molar-refractivity contribution in [2.24, 2.45) is 10.9 Å². The SMILES string of the molecule is CC(CC(=O)O)C(=O)CN(CCN1CCOCC1)C(=O)Cc1ccc(NC(=O)C2C=Nc3ccccc32)cc1. The van der Waals surface area contributed by atoms with E-state index in [4.69, 9.17) is 9.84 Å². The van der Waals surface area contributed by atoms with Crippen molar-refractivity contribution in [3.8, 4) is 0 Å². The van der Waals surface area contributed by atoms with Gasteiger partial charge in [0.2, 0.25) is 11.8 Å². The molecule has 0 saturated carbocycles. The lowest BCUT2D eigenvalue weighted by atomic mass is 10.0. The maximum absolute atomic E-state index is 13.2. The van der Waals surface area contributed by atoms with Crippen LogP contribution < -0.4 is 5.32 Å². The minimum atomic E-state index is -1.04. The highest BCUT2D eigenvalue weighted by molar-refractivity contribution is 6.09. The number of aliphatic imine (C=N–C) groups is 1. The Kier molecular flexibility index (Phi) is 9.56. The molecule has 1 saturated heterocycles. The Bertz CT molecular complexity index is 1220. The number of nitrogens with zero attached hydrogens (tertiary/aromatic N) is 3. The Hall–Kier alpha value is -3.89. The van der Waals surface area contributed by atoms with Gasteiger partial charge in [0.1, 0.15) is 5.92 Å². The molecule has 0 bridgehead atoms. The number of ketones is 1. The Morgan fingerprint density at radius 1 is 1.10 bits per heavy atom. The minimum absolute atomic E-state index is 0.0839. The fourth-order valence-corrected chi connectivity index (χ4v) is 4.62. The number of nitrogens with one attached hydrogen (secondary N) is 1. The third-order valence-corrected chi connectivity index (χ3v) is 7.01. The number of carboxylic acids is 1. The highest BCUT2D eigenvalue weighted by atomic mass is 16.5. The van der Waals surface area contributed by atoms with Gasteiger partial charge in [-0.15, -0.1) is 0 Å². The monoisotopic (exact) mass is 534 g/mol. The highest BCUT2D eigenvalue weighted by Gasteiger charge is 2.26. The van der Waals surface area contributed by atoms with E-state index < -0.39 is 17.8 Å². The van der Waals surface area contributed by atoms with E-state index in [1.54, 1.807) is 37.4 Å². The molecule has 2 aromatic carbocycles. The van der Waals surface area contributed by atoms with Crippen LogP contribution in [0.15, 0.2) is 53.5 Å². The molecule has 10 nitrogen and oxygen atoms in total. The predicted octanol–water partition coefficient (Wildman–Crippen LogP) is 2.51. The van der Waals surface area contributed by atoms with Crippen LogP contribution in [0.1, 0.15) is 30.4 Å². The van der Waals surface area contributed by atoms with Gasteiger partial charge in [0.05, 0.1) is 38.3 Å². The van der Waals surface area contributed by atoms with Crippen LogP contribution in [-0.4, -0.2) is 90.6 Å². The number of fused-ring (bicyclic) bond motifs is 1. The summed E-state index contributed by atoms with van der Waals surface area (Å²) in [6.45, 7) is 5.20. The van der Waals surface area contributed by atoms with Crippen molar-refractivity contribution < 1.29 is 29.0 Å². The predicted molar refractivity (Wildman–Crippen MR) is 146 cm³/mol. The normalized spacial score (nSPS) is 17.3. The van der Waals surface area contributed by atoms with Crippen molar-refractivity contribution in [1.29, 1.82) is 0 Å². The van der Waals surface area contributed by atoms with Crippen LogP contribution in [0.3, 0.4) is 0 Å². The Labute approximate surface area is 227 Å². The lowest BCUT2D eigenvalue weighted by molar-refractivity contribution is -0.141. The number of hydrogen-bond donors (Lipinski definition) is 2. The van der Waals surface area contributed by atoms with Gasteiger partial charge in [-0.05, 0) is 29.3 Å². The topological polar surface area (TPSA) is 129 Å². The molecular weight excluding hydrogens is 500 g/mol. The van der Waals surface area contributed by atoms with Crippen LogP contribution in [0.25, 0.3) is 0 Å². The average molecular weight is 535 g/mol. The number of carbonyl (C=O) groups is 4. The molecular formula is C29H34N4O6. The van der Waals surface area contributed by atoms with Gasteiger partial charge < -0.3 is 20.1 Å². The molecule has 4 rings (SSSR count). The molecule has 2 atom stereocenters. The molecule has 0 aromatic heterocycles. The fourth-order valence-electron chi connectivity index (χ4n) is 4.62. The van der Waals surface area contributed by atoms with Crippen LogP contribution in [0.2, 0.25) is 0 Å². The zero-order valence-corrected chi connectivity index (χ0v) is 22.0. The third-order valence-electron chi connectivity index (χ3n) is 7.01. The number of Topliss-reactive ketones (excluding diaryl/α,β-unsaturated/α-hetero) is 1. The molecule has 0 spiro atoms. The van der Waals surface area contributed by atoms with E-state index in [9.17, 15) is 19.2 Å². The number of hydrogen-bond acceptors (Lipinski definition) is 7. The molecule has 10 heteroatoms. The van der Waals surface area contributed by atoms with Crippen LogP contribution >= 0.6 is 0 Å². The molecule has 2 heterocycles. The third kappa shape index (κ3) is 7.81. The van der Waals surface area contributed by atoms with Crippen molar-refractivity contribution in [2.75, 3.05) is 51.3 Å². The highest BCUT2D eigenvalue weighted by Crippen LogP contribution is 2.32. The van der Waals surface area contributed by atoms with Crippen molar-refractivity contribution in [2.45, 2.75) is 25.7 Å². The zero-order chi connectivity index (χ0) is 27.8. The minimum Gasteiger partial charge on any atom is -0.481 e. The van der Waals surface area contributed by atoms with Crippen LogP contribution in [-0.2, 0) is 30.3 Å². The second-order valence-electron chi connectivity index (χ2n) is 9.91. The van der Waals surface area contributed by atoms with E-state index >= 15 is 0 Å². The molecule has 2 amide bonds. The van der Waals surface area contributed by atoms with Gasteiger partial charge in [-0.25, -0.2) is 0 Å². The van der Waals surface area contributed by atoms with Crippen LogP contribution in [0, 0.1) is 5.92 Å². The largest absolute Gasteiger partial charge is 0.481 e. The molecule has 2 aliphatic heterocycles. The second-order valence-corrected chi connectivity index (χ2v) is 9.91. The number of morpholine rings is 1. The maximum Gasteiger partial charge on any atom is 0.304 e. The quantitative estimate of drug-likeness (QED) is 0.428. The summed E-state index contributed by atoms with van der Waals surface area (Å²) in [7, 11) is 0. The molecule has 1 fully saturated rings. The number of rotatable bonds is 12. The summed E-state index contributed by atoms with van der Waals surface area (Å²) in [5.74, 6) is -2.85. The molecule has 2 N–H and O–H groups in total. The molecule has 39 heavy (non-hydrogen) atoms. The molecule has 2 aromatic rings. The molecule has 0 aliphatic carbocycles. The summed E-state index contributed by atoms with van der Waals surface area (Å²) in [5, 5.41) is 11.9. The second kappa shape index (κ2) is 13.3. The summed E-state index contributed by atoms with van der Waals surface area (Å²) in [6.07, 6.45) is 1.45. The van der Waals surface area contributed by atoms with Gasteiger partial charge in [-0.1, -0.05) is 37.3 Å². The standard InChI is InChI=1S/C29H34N4O6/c1-20(16-28(36)37)26(34)19-33(11-10-32-12-14-39-15-13-32)27(35)17-21-6-8-22(9-7-21)31-29(38)24-18-30-25-5-3-2-4-23(24)25/h2-9,18,20,24H,10-17,19H2,1H3,(H,31,38)(H,36,37). The van der Waals surface area contributed by atoms with E-state index in [2.05, 4.69) is 15.2 Å². The summed E-state index contributed by atoms with van der Waals surface area (Å²) >= 11 is 0. The molecule has 206 valence electrons. The van der Waals surface area contributed by atoms with Gasteiger partial charge in [-0.2, -0.15) is 0 Å². The fraction of sp³-hybridized carbons (Fsp3) is 0.414. The first-order chi connectivity index (χ1) is 18.8. The van der Waals surface area contributed by atoms with E-state index in [0.29, 0.717) is 32.0 Å². The van der Waals surface area contributed by atoms with Gasteiger partial charge >= 0.3 is 5.97 Å². The average Bonchev–Trinajstić information content (AvgIpc) is 3.36. The van der Waals surface area contributed by atoms with Gasteiger partial charge in [-0.3, -0.25) is 29.1 Å². The number of aliphatic carboxylic acids is 1. The summed E-state index contributed by atoms with van der Waals surface area (Å²) in [4.78, 5) is 57.8. The van der Waals surface area contributed by atoms with Crippen molar-refractivity contribution in [1.82, 2.24) is 9.80 Å². The van der Waals surface area contributed by atoms with E-state index in [-0.39, 0.29) is 37.0 Å². The van der Waals surface area contributed by atoms with Crippen LogP contribution in [0.4, 0.5) is 11.4 Å². The number of carboxylic acid groups (broad SMARTS) is 1. The number of ether oxygens (including phenoxy) is 1. The van der Waals surface area contributed by atoms with Gasteiger partial charge in [0.15, 0.2) is 5.78 Å². The maximum atomic E-state index is 13.2. The molecule has 2 aliphatic rings. The smallest absolute Gasteiger partial charge is 0.304 e. The summed E-state index contributed by atoms with van der Waals surface area (Å²) in [6, 6.07) is 14.6. The van der Waals surface area contributed by atoms with Crippen molar-refractivity contribution >= 4 is 41.2 Å². The molecule has 2 unspecified atom stereocenters. The number of anilines is 1. The lowest BCUT2D eigenvalue weighted by Crippen LogP contribution is -2.45. The van der Waals surface area contributed by atoms with Crippen molar-refractivity contribution in [3.63, 3.8) is 0 Å². The number of benzene rings is 2. The Morgan fingerprint density at radius 2 is 1.82 bits per heavy atom. The summed E-state index contributed by atoms with van der Waals surface area (Å²) in [5.41, 5.74) is 3.01. The number of para-hydroxylation sites is 1. The van der Waals surface area contributed by atoms with Crippen molar-refractivity contribution in [3.05, 3.63) is 59.7 Å². The Balaban J connectivity index is 1.36.